The molecule has 2 fully saturated rings. The first-order valence-corrected chi connectivity index (χ1v) is 11.1. The van der Waals surface area contributed by atoms with Crippen molar-refractivity contribution >= 4 is 22.7 Å². The molecule has 0 aliphatic carbocycles. The van der Waals surface area contributed by atoms with E-state index in [-0.39, 0.29) is 11.8 Å². The van der Waals surface area contributed by atoms with Crippen LogP contribution < -0.4 is 0 Å². The van der Waals surface area contributed by atoms with Gasteiger partial charge in [-0.2, -0.15) is 0 Å². The zero-order valence-corrected chi connectivity index (χ0v) is 18.1. The molecule has 160 valence electrons. The second-order valence-corrected chi connectivity index (χ2v) is 8.80. The van der Waals surface area contributed by atoms with Crippen molar-refractivity contribution in [1.29, 1.82) is 0 Å². The summed E-state index contributed by atoms with van der Waals surface area (Å²) in [5, 5.41) is 1.17. The second-order valence-electron chi connectivity index (χ2n) is 8.80. The number of carbonyl (C=O) groups is 2. The van der Waals surface area contributed by atoms with E-state index in [0.717, 1.165) is 64.0 Å². The molecule has 0 saturated carbocycles. The summed E-state index contributed by atoms with van der Waals surface area (Å²) in [6.07, 6.45) is 4.94. The third kappa shape index (κ3) is 4.81. The van der Waals surface area contributed by atoms with Crippen LogP contribution in [0.2, 0.25) is 0 Å². The molecule has 0 radical (unpaired) electrons. The fraction of sp³-hybridized carbons (Fsp3) is 0.542. The lowest BCUT2D eigenvalue weighted by molar-refractivity contribution is -0.131. The van der Waals surface area contributed by atoms with Crippen molar-refractivity contribution in [2.45, 2.75) is 39.2 Å². The van der Waals surface area contributed by atoms with Crippen molar-refractivity contribution in [2.75, 3.05) is 39.3 Å². The van der Waals surface area contributed by atoms with Gasteiger partial charge in [-0.25, -0.2) is 0 Å². The molecule has 2 aliphatic rings. The highest BCUT2D eigenvalue weighted by molar-refractivity contribution is 5.78. The normalized spacial score (nSPS) is 21.6. The number of para-hydroxylation sites is 1. The van der Waals surface area contributed by atoms with Crippen LogP contribution in [0.5, 0.6) is 0 Å². The minimum Gasteiger partial charge on any atom is -0.343 e. The van der Waals surface area contributed by atoms with Gasteiger partial charge in [0.05, 0.1) is 5.52 Å². The van der Waals surface area contributed by atoms with Gasteiger partial charge >= 0.3 is 0 Å². The highest BCUT2D eigenvalue weighted by Crippen LogP contribution is 2.23. The number of carbonyl (C=O) groups excluding carboxylic acids is 2. The zero-order valence-electron chi connectivity index (χ0n) is 18.1. The number of rotatable bonds is 3. The maximum absolute atomic E-state index is 12.2. The summed E-state index contributed by atoms with van der Waals surface area (Å²) in [5.74, 6) is 0.712. The fourth-order valence-corrected chi connectivity index (χ4v) is 4.99. The molecule has 2 aliphatic heterocycles. The van der Waals surface area contributed by atoms with Crippen LogP contribution in [-0.2, 0) is 16.0 Å². The number of amides is 2. The highest BCUT2D eigenvalue weighted by atomic mass is 16.2. The number of aromatic nitrogens is 1. The average Bonchev–Trinajstić information content (AvgIpc) is 2.96. The van der Waals surface area contributed by atoms with Crippen molar-refractivity contribution in [3.8, 4) is 0 Å². The van der Waals surface area contributed by atoms with Crippen molar-refractivity contribution in [3.63, 3.8) is 0 Å². The highest BCUT2D eigenvalue weighted by Gasteiger charge is 2.31. The van der Waals surface area contributed by atoms with Gasteiger partial charge < -0.3 is 9.80 Å². The number of fused-ring (bicyclic) bond motifs is 1. The summed E-state index contributed by atoms with van der Waals surface area (Å²) >= 11 is 0. The SMILES string of the molecule is CC(=O)N1CCC(N2CCN(C(C)=O)CC(Cc3cnc4ccccc4c3)C2)CC1. The van der Waals surface area contributed by atoms with Crippen molar-refractivity contribution in [1.82, 2.24) is 19.7 Å². The van der Waals surface area contributed by atoms with Crippen LogP contribution >= 0.6 is 0 Å². The van der Waals surface area contributed by atoms with Gasteiger partial charge in [0.15, 0.2) is 0 Å². The van der Waals surface area contributed by atoms with E-state index in [1.807, 2.05) is 34.2 Å². The molecular weight excluding hydrogens is 376 g/mol. The van der Waals surface area contributed by atoms with Crippen molar-refractivity contribution < 1.29 is 9.59 Å². The van der Waals surface area contributed by atoms with E-state index in [2.05, 4.69) is 22.0 Å². The topological polar surface area (TPSA) is 56.8 Å². The third-order valence-corrected chi connectivity index (χ3v) is 6.67. The standard InChI is InChI=1S/C24H32N4O2/c1-18(29)26-9-7-23(8-10-26)28-12-11-27(19(2)30)16-21(17-28)13-20-14-22-5-3-4-6-24(22)25-15-20/h3-6,14-15,21,23H,7-13,16-17H2,1-2H3. The molecule has 0 bridgehead atoms. The first kappa shape index (κ1) is 20.8. The van der Waals surface area contributed by atoms with Gasteiger partial charge in [0.25, 0.3) is 0 Å². The molecule has 30 heavy (non-hydrogen) atoms. The van der Waals surface area contributed by atoms with Gasteiger partial charge in [-0.3, -0.25) is 19.5 Å². The molecule has 2 aromatic rings. The molecule has 4 rings (SSSR count). The summed E-state index contributed by atoms with van der Waals surface area (Å²) in [6.45, 7) is 8.50. The quantitative estimate of drug-likeness (QED) is 0.783. The van der Waals surface area contributed by atoms with E-state index >= 15 is 0 Å². The van der Waals surface area contributed by atoms with Gasteiger partial charge in [-0.15, -0.1) is 0 Å². The van der Waals surface area contributed by atoms with Crippen molar-refractivity contribution in [2.24, 2.45) is 5.92 Å². The minimum atomic E-state index is 0.157. The van der Waals surface area contributed by atoms with Gasteiger partial charge in [0, 0.05) is 70.7 Å². The summed E-state index contributed by atoms with van der Waals surface area (Å²) < 4.78 is 0. The Bertz CT molecular complexity index is 907. The Morgan fingerprint density at radius 1 is 0.967 bits per heavy atom. The van der Waals surface area contributed by atoms with E-state index in [1.54, 1.807) is 13.8 Å². The second kappa shape index (κ2) is 9.13. The molecule has 6 heteroatoms. The Morgan fingerprint density at radius 2 is 1.70 bits per heavy atom. The van der Waals surface area contributed by atoms with E-state index in [0.29, 0.717) is 12.0 Å². The molecule has 1 aromatic heterocycles. The van der Waals surface area contributed by atoms with Crippen LogP contribution in [-0.4, -0.2) is 76.8 Å². The lowest BCUT2D eigenvalue weighted by atomic mass is 9.96. The smallest absolute Gasteiger partial charge is 0.219 e. The van der Waals surface area contributed by atoms with Gasteiger partial charge in [-0.1, -0.05) is 18.2 Å². The largest absolute Gasteiger partial charge is 0.343 e. The molecular formula is C24H32N4O2. The number of hydrogen-bond donors (Lipinski definition) is 0. The zero-order chi connectivity index (χ0) is 21.1. The molecule has 1 unspecified atom stereocenters. The first-order valence-electron chi connectivity index (χ1n) is 11.1. The maximum atomic E-state index is 12.2. The Morgan fingerprint density at radius 3 is 2.43 bits per heavy atom. The molecule has 3 heterocycles. The lowest BCUT2D eigenvalue weighted by Gasteiger charge is -2.38. The number of nitrogens with zero attached hydrogens (tertiary/aromatic N) is 4. The predicted octanol–water partition coefficient (Wildman–Crippen LogP) is 2.57. The molecule has 1 atom stereocenters. The number of benzene rings is 1. The summed E-state index contributed by atoms with van der Waals surface area (Å²) in [6, 6.07) is 10.9. The summed E-state index contributed by atoms with van der Waals surface area (Å²) in [4.78, 5) is 35.0. The van der Waals surface area contributed by atoms with Gasteiger partial charge in [0.1, 0.15) is 0 Å². The number of likely N-dealkylation sites (tertiary alicyclic amines) is 1. The van der Waals surface area contributed by atoms with Crippen LogP contribution in [0.3, 0.4) is 0 Å². The van der Waals surface area contributed by atoms with Crippen LogP contribution in [0, 0.1) is 5.92 Å². The summed E-state index contributed by atoms with van der Waals surface area (Å²) in [5.41, 5.74) is 2.25. The van der Waals surface area contributed by atoms with Crippen LogP contribution in [0.4, 0.5) is 0 Å². The molecule has 2 saturated heterocycles. The fourth-order valence-electron chi connectivity index (χ4n) is 4.99. The van der Waals surface area contributed by atoms with E-state index in [9.17, 15) is 9.59 Å². The Kier molecular flexibility index (Phi) is 6.32. The van der Waals surface area contributed by atoms with E-state index < -0.39 is 0 Å². The Labute approximate surface area is 178 Å². The maximum Gasteiger partial charge on any atom is 0.219 e. The Balaban J connectivity index is 1.48. The van der Waals surface area contributed by atoms with Gasteiger partial charge in [0.2, 0.25) is 11.8 Å². The van der Waals surface area contributed by atoms with Crippen LogP contribution in [0.15, 0.2) is 36.5 Å². The number of pyridine rings is 1. The van der Waals surface area contributed by atoms with Crippen LogP contribution in [0.25, 0.3) is 10.9 Å². The minimum absolute atomic E-state index is 0.157. The molecule has 0 spiro atoms. The van der Waals surface area contributed by atoms with Crippen molar-refractivity contribution in [3.05, 3.63) is 42.1 Å². The molecule has 1 aromatic carbocycles. The Hall–Kier alpha value is -2.47. The average molecular weight is 409 g/mol. The summed E-state index contributed by atoms with van der Waals surface area (Å²) in [7, 11) is 0. The predicted molar refractivity (Wildman–Crippen MR) is 118 cm³/mol. The molecule has 2 amide bonds. The van der Waals surface area contributed by atoms with E-state index in [4.69, 9.17) is 0 Å². The first-order chi connectivity index (χ1) is 14.5. The molecule has 0 N–H and O–H groups in total. The van der Waals surface area contributed by atoms with E-state index in [1.165, 1.54) is 10.9 Å². The van der Waals surface area contributed by atoms with Crippen LogP contribution in [0.1, 0.15) is 32.3 Å². The van der Waals surface area contributed by atoms with Gasteiger partial charge in [-0.05, 0) is 42.9 Å². The lowest BCUT2D eigenvalue weighted by Crippen LogP contribution is -2.48. The number of hydrogen-bond acceptors (Lipinski definition) is 4. The monoisotopic (exact) mass is 408 g/mol. The number of piperidine rings is 1. The molecule has 6 nitrogen and oxygen atoms in total. The third-order valence-electron chi connectivity index (χ3n) is 6.67.